The van der Waals surface area contributed by atoms with Crippen LogP contribution >= 0.6 is 11.6 Å². The van der Waals surface area contributed by atoms with Crippen LogP contribution in [0.3, 0.4) is 0 Å². The minimum Gasteiger partial charge on any atom is -0.339 e. The van der Waals surface area contributed by atoms with E-state index in [1.54, 1.807) is 29.2 Å². The number of nitrogens with one attached hydrogen (secondary N) is 1. The Bertz CT molecular complexity index is 496. The van der Waals surface area contributed by atoms with Crippen LogP contribution in [0.5, 0.6) is 0 Å². The van der Waals surface area contributed by atoms with Gasteiger partial charge in [-0.3, -0.25) is 4.79 Å². The maximum absolute atomic E-state index is 12.1. The summed E-state index contributed by atoms with van der Waals surface area (Å²) in [7, 11) is 0. The third-order valence-corrected chi connectivity index (χ3v) is 3.73. The maximum atomic E-state index is 12.1. The standard InChI is InChI=1S/C15H20ClN3O2/c1-2-3-14(20)18-8-10-19(11-9-18)15(21)17-13-6-4-12(16)5-7-13/h4-7H,2-3,8-11H2,1H3,(H,17,21). The second-order valence-electron chi connectivity index (χ2n) is 5.05. The van der Waals surface area contributed by atoms with Crippen LogP contribution in [0.15, 0.2) is 24.3 Å². The van der Waals surface area contributed by atoms with Gasteiger partial charge >= 0.3 is 6.03 Å². The van der Waals surface area contributed by atoms with Crippen LogP contribution < -0.4 is 5.32 Å². The number of amides is 3. The van der Waals surface area contributed by atoms with Gasteiger partial charge in [-0.1, -0.05) is 18.5 Å². The van der Waals surface area contributed by atoms with E-state index >= 15 is 0 Å². The molecule has 5 nitrogen and oxygen atoms in total. The molecule has 0 spiro atoms. The molecule has 1 N–H and O–H groups in total. The van der Waals surface area contributed by atoms with E-state index in [1.807, 2.05) is 11.8 Å². The summed E-state index contributed by atoms with van der Waals surface area (Å²) in [5, 5.41) is 3.47. The monoisotopic (exact) mass is 309 g/mol. The molecule has 1 saturated heterocycles. The average Bonchev–Trinajstić information content (AvgIpc) is 2.50. The Morgan fingerprint density at radius 1 is 1.10 bits per heavy atom. The van der Waals surface area contributed by atoms with Gasteiger partial charge < -0.3 is 15.1 Å². The van der Waals surface area contributed by atoms with Crippen molar-refractivity contribution in [1.82, 2.24) is 9.80 Å². The van der Waals surface area contributed by atoms with Crippen molar-refractivity contribution in [3.8, 4) is 0 Å². The van der Waals surface area contributed by atoms with Crippen LogP contribution in [0.2, 0.25) is 5.02 Å². The molecule has 1 aliphatic rings. The smallest absolute Gasteiger partial charge is 0.321 e. The van der Waals surface area contributed by atoms with E-state index in [9.17, 15) is 9.59 Å². The van der Waals surface area contributed by atoms with Gasteiger partial charge in [0, 0.05) is 43.3 Å². The van der Waals surface area contributed by atoms with Crippen molar-refractivity contribution in [2.75, 3.05) is 31.5 Å². The molecule has 6 heteroatoms. The predicted molar refractivity (Wildman–Crippen MR) is 83.5 cm³/mol. The Morgan fingerprint density at radius 2 is 1.67 bits per heavy atom. The van der Waals surface area contributed by atoms with Crippen LogP contribution in [0, 0.1) is 0 Å². The fourth-order valence-corrected chi connectivity index (χ4v) is 2.39. The van der Waals surface area contributed by atoms with Gasteiger partial charge in [0.2, 0.25) is 5.91 Å². The largest absolute Gasteiger partial charge is 0.339 e. The minimum atomic E-state index is -0.139. The third-order valence-electron chi connectivity index (χ3n) is 3.48. The topological polar surface area (TPSA) is 52.7 Å². The first kappa shape index (κ1) is 15.6. The third kappa shape index (κ3) is 4.36. The molecule has 21 heavy (non-hydrogen) atoms. The second kappa shape index (κ2) is 7.31. The van der Waals surface area contributed by atoms with E-state index in [0.29, 0.717) is 43.3 Å². The van der Waals surface area contributed by atoms with E-state index in [-0.39, 0.29) is 11.9 Å². The lowest BCUT2D eigenvalue weighted by atomic mass is 10.2. The molecule has 2 rings (SSSR count). The molecule has 0 atom stereocenters. The van der Waals surface area contributed by atoms with Gasteiger partial charge in [-0.15, -0.1) is 0 Å². The van der Waals surface area contributed by atoms with Crippen LogP contribution in [-0.4, -0.2) is 47.9 Å². The molecule has 0 aliphatic carbocycles. The lowest BCUT2D eigenvalue weighted by Crippen LogP contribution is -2.51. The average molecular weight is 310 g/mol. The molecule has 1 fully saturated rings. The minimum absolute atomic E-state index is 0.139. The molecule has 0 unspecified atom stereocenters. The maximum Gasteiger partial charge on any atom is 0.321 e. The van der Waals surface area contributed by atoms with Gasteiger partial charge in [0.25, 0.3) is 0 Å². The van der Waals surface area contributed by atoms with Crippen molar-refractivity contribution in [3.05, 3.63) is 29.3 Å². The highest BCUT2D eigenvalue weighted by Crippen LogP contribution is 2.14. The van der Waals surface area contributed by atoms with Gasteiger partial charge in [-0.2, -0.15) is 0 Å². The quantitative estimate of drug-likeness (QED) is 0.933. The van der Waals surface area contributed by atoms with Gasteiger partial charge in [0.1, 0.15) is 0 Å². The number of benzene rings is 1. The number of anilines is 1. The van der Waals surface area contributed by atoms with Crippen molar-refractivity contribution < 1.29 is 9.59 Å². The first-order valence-electron chi connectivity index (χ1n) is 7.19. The molecule has 114 valence electrons. The molecule has 0 aromatic heterocycles. The summed E-state index contributed by atoms with van der Waals surface area (Å²) in [6.07, 6.45) is 1.44. The SMILES string of the molecule is CCCC(=O)N1CCN(C(=O)Nc2ccc(Cl)cc2)CC1. The van der Waals surface area contributed by atoms with E-state index in [4.69, 9.17) is 11.6 Å². The summed E-state index contributed by atoms with van der Waals surface area (Å²) in [5.74, 6) is 0.176. The summed E-state index contributed by atoms with van der Waals surface area (Å²) in [5.41, 5.74) is 0.717. The molecule has 0 bridgehead atoms. The number of carbonyl (C=O) groups is 2. The van der Waals surface area contributed by atoms with E-state index in [1.165, 1.54) is 0 Å². The first-order chi connectivity index (χ1) is 10.1. The highest BCUT2D eigenvalue weighted by atomic mass is 35.5. The lowest BCUT2D eigenvalue weighted by molar-refractivity contribution is -0.132. The van der Waals surface area contributed by atoms with Gasteiger partial charge in [0.05, 0.1) is 0 Å². The van der Waals surface area contributed by atoms with Crippen molar-refractivity contribution in [2.45, 2.75) is 19.8 Å². The number of hydrogen-bond acceptors (Lipinski definition) is 2. The highest BCUT2D eigenvalue weighted by molar-refractivity contribution is 6.30. The van der Waals surface area contributed by atoms with Gasteiger partial charge in [0.15, 0.2) is 0 Å². The van der Waals surface area contributed by atoms with Crippen LogP contribution in [-0.2, 0) is 4.79 Å². The zero-order valence-corrected chi connectivity index (χ0v) is 12.9. The fourth-order valence-electron chi connectivity index (χ4n) is 2.27. The number of carbonyl (C=O) groups excluding carboxylic acids is 2. The summed E-state index contributed by atoms with van der Waals surface area (Å²) < 4.78 is 0. The Balaban J connectivity index is 1.83. The van der Waals surface area contributed by atoms with Crippen LogP contribution in [0.4, 0.5) is 10.5 Å². The normalized spacial score (nSPS) is 15.0. The van der Waals surface area contributed by atoms with Crippen LogP contribution in [0.25, 0.3) is 0 Å². The molecule has 0 radical (unpaired) electrons. The molecule has 1 aliphatic heterocycles. The van der Waals surface area contributed by atoms with Gasteiger partial charge in [-0.25, -0.2) is 4.79 Å². The molecule has 0 saturated carbocycles. The lowest BCUT2D eigenvalue weighted by Gasteiger charge is -2.34. The Hall–Kier alpha value is -1.75. The number of piperazine rings is 1. The van der Waals surface area contributed by atoms with Crippen molar-refractivity contribution in [1.29, 1.82) is 0 Å². The number of nitrogens with zero attached hydrogens (tertiary/aromatic N) is 2. The Kier molecular flexibility index (Phi) is 5.44. The molecular formula is C15H20ClN3O2. The Morgan fingerprint density at radius 3 is 2.24 bits per heavy atom. The molecule has 3 amide bonds. The number of hydrogen-bond donors (Lipinski definition) is 1. The fraction of sp³-hybridized carbons (Fsp3) is 0.467. The molecule has 1 aromatic carbocycles. The molecule has 1 aromatic rings. The number of urea groups is 1. The first-order valence-corrected chi connectivity index (χ1v) is 7.57. The van der Waals surface area contributed by atoms with Crippen molar-refractivity contribution in [3.63, 3.8) is 0 Å². The Labute approximate surface area is 129 Å². The highest BCUT2D eigenvalue weighted by Gasteiger charge is 2.23. The van der Waals surface area contributed by atoms with Gasteiger partial charge in [-0.05, 0) is 30.7 Å². The summed E-state index contributed by atoms with van der Waals surface area (Å²) in [4.78, 5) is 27.5. The van der Waals surface area contributed by atoms with E-state index < -0.39 is 0 Å². The van der Waals surface area contributed by atoms with Crippen molar-refractivity contribution >= 4 is 29.2 Å². The molecule has 1 heterocycles. The molecular weight excluding hydrogens is 290 g/mol. The number of rotatable bonds is 3. The second-order valence-corrected chi connectivity index (χ2v) is 5.49. The zero-order valence-electron chi connectivity index (χ0n) is 12.1. The van der Waals surface area contributed by atoms with Crippen molar-refractivity contribution in [2.24, 2.45) is 0 Å². The zero-order chi connectivity index (χ0) is 15.2. The summed E-state index contributed by atoms with van der Waals surface area (Å²) in [6.45, 7) is 4.33. The predicted octanol–water partition coefficient (Wildman–Crippen LogP) is 2.82. The summed E-state index contributed by atoms with van der Waals surface area (Å²) in [6, 6.07) is 6.86. The summed E-state index contributed by atoms with van der Waals surface area (Å²) >= 11 is 5.81. The van der Waals surface area contributed by atoms with E-state index in [0.717, 1.165) is 6.42 Å². The number of halogens is 1. The van der Waals surface area contributed by atoms with Crippen LogP contribution in [0.1, 0.15) is 19.8 Å². The van der Waals surface area contributed by atoms with E-state index in [2.05, 4.69) is 5.32 Å².